The van der Waals surface area contributed by atoms with Crippen molar-refractivity contribution in [1.82, 2.24) is 14.5 Å². The standard InChI is InChI=1S/C18H29N3O3S/c1-3-21(4-2)25(23,24)17-10-8-16(9-11-17)18(22)19-12-15-20-13-6-5-7-14-20/h8-11H,3-7,12-15H2,1-2H3,(H,19,22). The van der Waals surface area contributed by atoms with E-state index in [9.17, 15) is 13.2 Å². The molecule has 1 saturated heterocycles. The van der Waals surface area contributed by atoms with E-state index < -0.39 is 10.0 Å². The molecule has 1 aromatic carbocycles. The van der Waals surface area contributed by atoms with Gasteiger partial charge in [-0.25, -0.2) is 8.42 Å². The summed E-state index contributed by atoms with van der Waals surface area (Å²) in [5.74, 6) is -0.163. The van der Waals surface area contributed by atoms with E-state index in [1.54, 1.807) is 12.1 Å². The predicted molar refractivity (Wildman–Crippen MR) is 99.2 cm³/mol. The number of nitrogens with zero attached hydrogens (tertiary/aromatic N) is 2. The Morgan fingerprint density at radius 3 is 2.24 bits per heavy atom. The van der Waals surface area contributed by atoms with E-state index >= 15 is 0 Å². The van der Waals surface area contributed by atoms with E-state index in [-0.39, 0.29) is 10.8 Å². The number of carbonyl (C=O) groups excluding carboxylic acids is 1. The number of likely N-dealkylation sites (tertiary alicyclic amines) is 1. The van der Waals surface area contributed by atoms with Gasteiger partial charge in [0.25, 0.3) is 5.91 Å². The van der Waals surface area contributed by atoms with Crippen molar-refractivity contribution < 1.29 is 13.2 Å². The van der Waals surface area contributed by atoms with Crippen LogP contribution in [0.25, 0.3) is 0 Å². The Morgan fingerprint density at radius 1 is 1.08 bits per heavy atom. The highest BCUT2D eigenvalue weighted by atomic mass is 32.2. The molecule has 0 aromatic heterocycles. The highest BCUT2D eigenvalue weighted by Gasteiger charge is 2.21. The van der Waals surface area contributed by atoms with Gasteiger partial charge < -0.3 is 10.2 Å². The Bertz CT molecular complexity index is 649. The molecule has 7 heteroatoms. The van der Waals surface area contributed by atoms with Gasteiger partial charge in [0, 0.05) is 31.7 Å². The third-order valence-corrected chi connectivity index (χ3v) is 6.69. The molecule has 0 unspecified atom stereocenters. The summed E-state index contributed by atoms with van der Waals surface area (Å²) in [6.07, 6.45) is 3.76. The van der Waals surface area contributed by atoms with Gasteiger partial charge >= 0.3 is 0 Å². The molecule has 0 spiro atoms. The van der Waals surface area contributed by atoms with Crippen LogP contribution in [0.4, 0.5) is 0 Å². The van der Waals surface area contributed by atoms with Crippen LogP contribution >= 0.6 is 0 Å². The molecular formula is C18H29N3O3S. The van der Waals surface area contributed by atoms with Gasteiger partial charge in [-0.1, -0.05) is 20.3 Å². The van der Waals surface area contributed by atoms with E-state index in [4.69, 9.17) is 0 Å². The molecule has 0 atom stereocenters. The summed E-state index contributed by atoms with van der Waals surface area (Å²) in [6, 6.07) is 6.17. The number of rotatable bonds is 8. The zero-order valence-electron chi connectivity index (χ0n) is 15.2. The predicted octanol–water partition coefficient (Wildman–Crippen LogP) is 1.93. The molecule has 1 aromatic rings. The summed E-state index contributed by atoms with van der Waals surface area (Å²) in [6.45, 7) is 8.16. The fourth-order valence-electron chi connectivity index (χ4n) is 3.10. The molecule has 1 fully saturated rings. The van der Waals surface area contributed by atoms with Crippen molar-refractivity contribution in [2.75, 3.05) is 39.3 Å². The topological polar surface area (TPSA) is 69.7 Å². The molecule has 2 rings (SSSR count). The fraction of sp³-hybridized carbons (Fsp3) is 0.611. The van der Waals surface area contributed by atoms with Gasteiger partial charge in [-0.2, -0.15) is 4.31 Å². The summed E-state index contributed by atoms with van der Waals surface area (Å²) >= 11 is 0. The SMILES string of the molecule is CCN(CC)S(=O)(=O)c1ccc(C(=O)NCCN2CCCCC2)cc1. The van der Waals surface area contributed by atoms with Crippen molar-refractivity contribution in [3.63, 3.8) is 0 Å². The van der Waals surface area contributed by atoms with Crippen molar-refractivity contribution in [3.8, 4) is 0 Å². The van der Waals surface area contributed by atoms with Crippen molar-refractivity contribution >= 4 is 15.9 Å². The Balaban J connectivity index is 1.91. The maximum Gasteiger partial charge on any atom is 0.251 e. The minimum absolute atomic E-state index is 0.163. The molecule has 0 radical (unpaired) electrons. The van der Waals surface area contributed by atoms with Crippen molar-refractivity contribution in [2.45, 2.75) is 38.0 Å². The second-order valence-corrected chi connectivity index (χ2v) is 8.21. The molecule has 1 aliphatic heterocycles. The smallest absolute Gasteiger partial charge is 0.251 e. The number of amides is 1. The van der Waals surface area contributed by atoms with Gasteiger partial charge in [-0.3, -0.25) is 4.79 Å². The summed E-state index contributed by atoms with van der Waals surface area (Å²) in [5, 5.41) is 2.91. The van der Waals surface area contributed by atoms with Gasteiger partial charge in [-0.05, 0) is 50.2 Å². The number of benzene rings is 1. The summed E-state index contributed by atoms with van der Waals surface area (Å²) in [7, 11) is -3.48. The maximum absolute atomic E-state index is 12.4. The number of sulfonamides is 1. The van der Waals surface area contributed by atoms with Crippen LogP contribution in [0.5, 0.6) is 0 Å². The molecule has 1 heterocycles. The van der Waals surface area contributed by atoms with Gasteiger partial charge in [-0.15, -0.1) is 0 Å². The van der Waals surface area contributed by atoms with Gasteiger partial charge in [0.05, 0.1) is 4.90 Å². The van der Waals surface area contributed by atoms with Crippen LogP contribution in [-0.2, 0) is 10.0 Å². The average Bonchev–Trinajstić information content (AvgIpc) is 2.63. The van der Waals surface area contributed by atoms with E-state index in [2.05, 4.69) is 10.2 Å². The summed E-state index contributed by atoms with van der Waals surface area (Å²) in [4.78, 5) is 14.8. The molecule has 140 valence electrons. The van der Waals surface area contributed by atoms with Gasteiger partial charge in [0.15, 0.2) is 0 Å². The number of hydrogen-bond donors (Lipinski definition) is 1. The third-order valence-electron chi connectivity index (χ3n) is 4.62. The lowest BCUT2D eigenvalue weighted by molar-refractivity contribution is 0.0946. The first-order valence-electron chi connectivity index (χ1n) is 9.09. The van der Waals surface area contributed by atoms with Crippen LogP contribution in [-0.4, -0.2) is 62.8 Å². The zero-order chi connectivity index (χ0) is 18.3. The lowest BCUT2D eigenvalue weighted by atomic mass is 10.1. The van der Waals surface area contributed by atoms with Crippen molar-refractivity contribution in [3.05, 3.63) is 29.8 Å². The number of piperidine rings is 1. The second kappa shape index (κ2) is 9.31. The molecule has 1 aliphatic rings. The minimum atomic E-state index is -3.48. The van der Waals surface area contributed by atoms with E-state index in [0.717, 1.165) is 19.6 Å². The fourth-order valence-corrected chi connectivity index (χ4v) is 4.56. The number of nitrogens with one attached hydrogen (secondary N) is 1. The third kappa shape index (κ3) is 5.26. The van der Waals surface area contributed by atoms with Crippen LogP contribution in [0.1, 0.15) is 43.5 Å². The van der Waals surface area contributed by atoms with Gasteiger partial charge in [0.1, 0.15) is 0 Å². The zero-order valence-corrected chi connectivity index (χ0v) is 16.0. The molecule has 0 bridgehead atoms. The Morgan fingerprint density at radius 2 is 1.68 bits per heavy atom. The highest BCUT2D eigenvalue weighted by Crippen LogP contribution is 2.16. The van der Waals surface area contributed by atoms with Crippen molar-refractivity contribution in [2.24, 2.45) is 0 Å². The number of carbonyl (C=O) groups is 1. The molecule has 1 amide bonds. The minimum Gasteiger partial charge on any atom is -0.351 e. The molecule has 1 N–H and O–H groups in total. The first-order chi connectivity index (χ1) is 12.0. The largest absolute Gasteiger partial charge is 0.351 e. The molecular weight excluding hydrogens is 338 g/mol. The Labute approximate surface area is 151 Å². The van der Waals surface area contributed by atoms with Crippen LogP contribution in [0.2, 0.25) is 0 Å². The lowest BCUT2D eigenvalue weighted by Gasteiger charge is -2.26. The van der Waals surface area contributed by atoms with E-state index in [1.165, 1.54) is 35.7 Å². The molecule has 0 aliphatic carbocycles. The maximum atomic E-state index is 12.4. The first-order valence-corrected chi connectivity index (χ1v) is 10.5. The highest BCUT2D eigenvalue weighted by molar-refractivity contribution is 7.89. The average molecular weight is 368 g/mol. The number of hydrogen-bond acceptors (Lipinski definition) is 4. The quantitative estimate of drug-likeness (QED) is 0.762. The van der Waals surface area contributed by atoms with Crippen LogP contribution in [0, 0.1) is 0 Å². The molecule has 0 saturated carbocycles. The van der Waals surface area contributed by atoms with Crippen molar-refractivity contribution in [1.29, 1.82) is 0 Å². The van der Waals surface area contributed by atoms with E-state index in [1.807, 2.05) is 13.8 Å². The normalized spacial score (nSPS) is 16.1. The van der Waals surface area contributed by atoms with Crippen LogP contribution < -0.4 is 5.32 Å². The lowest BCUT2D eigenvalue weighted by Crippen LogP contribution is -2.37. The Hall–Kier alpha value is -1.44. The molecule has 6 nitrogen and oxygen atoms in total. The van der Waals surface area contributed by atoms with Crippen LogP contribution in [0.3, 0.4) is 0 Å². The summed E-state index contributed by atoms with van der Waals surface area (Å²) < 4.78 is 26.3. The Kier molecular flexibility index (Phi) is 7.40. The first kappa shape index (κ1) is 19.9. The summed E-state index contributed by atoms with van der Waals surface area (Å²) in [5.41, 5.74) is 0.483. The monoisotopic (exact) mass is 367 g/mol. The van der Waals surface area contributed by atoms with E-state index in [0.29, 0.717) is 25.2 Å². The second-order valence-electron chi connectivity index (χ2n) is 6.27. The molecule has 25 heavy (non-hydrogen) atoms. The van der Waals surface area contributed by atoms with Gasteiger partial charge in [0.2, 0.25) is 10.0 Å². The van der Waals surface area contributed by atoms with Crippen LogP contribution in [0.15, 0.2) is 29.2 Å².